The monoisotopic (exact) mass is 462 g/mol. The number of carbonyl (C=O) groups is 2. The van der Waals surface area contributed by atoms with Gasteiger partial charge in [-0.05, 0) is 29.7 Å². The maximum atomic E-state index is 12.5. The summed E-state index contributed by atoms with van der Waals surface area (Å²) in [7, 11) is 0. The first-order valence-corrected chi connectivity index (χ1v) is 11.8. The maximum Gasteiger partial charge on any atom is 0.231 e. The Balaban J connectivity index is 1.18. The second-order valence-electron chi connectivity index (χ2n) is 7.14. The van der Waals surface area contributed by atoms with Crippen LogP contribution in [0.2, 0.25) is 0 Å². The highest BCUT2D eigenvalue weighted by Crippen LogP contribution is 2.33. The van der Waals surface area contributed by atoms with Crippen molar-refractivity contribution < 1.29 is 19.1 Å². The van der Waals surface area contributed by atoms with E-state index in [1.165, 1.54) is 23.1 Å². The predicted octanol–water partition coefficient (Wildman–Crippen LogP) is 5.18. The van der Waals surface area contributed by atoms with Gasteiger partial charge in [0.05, 0.1) is 17.9 Å². The molecule has 1 N–H and O–H groups in total. The van der Waals surface area contributed by atoms with Gasteiger partial charge in [0, 0.05) is 22.0 Å². The molecule has 8 heteroatoms. The molecule has 0 saturated carbocycles. The highest BCUT2D eigenvalue weighted by molar-refractivity contribution is 8.01. The molecule has 3 aromatic carbocycles. The van der Waals surface area contributed by atoms with Crippen LogP contribution in [0, 0.1) is 0 Å². The summed E-state index contributed by atoms with van der Waals surface area (Å²) in [5, 5.41) is 6.91. The van der Waals surface area contributed by atoms with Crippen molar-refractivity contribution in [2.45, 2.75) is 10.8 Å². The number of thiazole rings is 1. The molecule has 0 spiro atoms. The largest absolute Gasteiger partial charge is 0.454 e. The number of aromatic nitrogens is 1. The average molecular weight is 463 g/mol. The van der Waals surface area contributed by atoms with Gasteiger partial charge in [0.15, 0.2) is 21.6 Å². The molecule has 1 aliphatic heterocycles. The molecule has 1 aromatic heterocycles. The zero-order valence-electron chi connectivity index (χ0n) is 16.9. The Labute approximate surface area is 192 Å². The number of nitrogens with zero attached hydrogens (tertiary/aromatic N) is 1. The molecule has 5 rings (SSSR count). The van der Waals surface area contributed by atoms with Gasteiger partial charge in [-0.15, -0.1) is 11.3 Å². The number of amides is 1. The molecule has 0 unspecified atom stereocenters. The van der Waals surface area contributed by atoms with Gasteiger partial charge in [0.25, 0.3) is 0 Å². The number of hydrogen-bond donors (Lipinski definition) is 1. The fourth-order valence-corrected chi connectivity index (χ4v) is 5.15. The molecule has 160 valence electrons. The van der Waals surface area contributed by atoms with E-state index in [9.17, 15) is 9.59 Å². The number of nitrogens with one attached hydrogen (secondary N) is 1. The number of ether oxygens (including phenoxy) is 2. The lowest BCUT2D eigenvalue weighted by atomic mass is 10.1. The van der Waals surface area contributed by atoms with Gasteiger partial charge >= 0.3 is 0 Å². The van der Waals surface area contributed by atoms with E-state index in [4.69, 9.17) is 9.47 Å². The average Bonchev–Trinajstić information content (AvgIpc) is 3.46. The van der Waals surface area contributed by atoms with Crippen LogP contribution in [0.5, 0.6) is 11.5 Å². The Hall–Kier alpha value is -3.36. The van der Waals surface area contributed by atoms with E-state index in [1.54, 1.807) is 18.2 Å². The van der Waals surface area contributed by atoms with Gasteiger partial charge in [-0.25, -0.2) is 4.98 Å². The van der Waals surface area contributed by atoms with Crippen LogP contribution >= 0.6 is 23.1 Å². The van der Waals surface area contributed by atoms with Crippen LogP contribution in [-0.4, -0.2) is 29.2 Å². The number of carbonyl (C=O) groups excluding carboxylic acids is 2. The van der Waals surface area contributed by atoms with Crippen molar-refractivity contribution in [3.63, 3.8) is 0 Å². The summed E-state index contributed by atoms with van der Waals surface area (Å²) in [5.74, 6) is 1.36. The van der Waals surface area contributed by atoms with E-state index >= 15 is 0 Å². The van der Waals surface area contributed by atoms with Gasteiger partial charge in [-0.2, -0.15) is 0 Å². The van der Waals surface area contributed by atoms with E-state index < -0.39 is 0 Å². The summed E-state index contributed by atoms with van der Waals surface area (Å²) in [6, 6.07) is 18.9. The van der Waals surface area contributed by atoms with Crippen LogP contribution in [0.25, 0.3) is 10.8 Å². The van der Waals surface area contributed by atoms with Crippen LogP contribution in [-0.2, 0) is 11.2 Å². The van der Waals surface area contributed by atoms with Gasteiger partial charge < -0.3 is 14.8 Å². The number of ketones is 1. The molecular formula is C24H18N2O4S2. The fourth-order valence-electron chi connectivity index (χ4n) is 3.41. The minimum absolute atomic E-state index is 0.0150. The van der Waals surface area contributed by atoms with Crippen molar-refractivity contribution in [2.75, 3.05) is 17.9 Å². The van der Waals surface area contributed by atoms with E-state index in [0.29, 0.717) is 22.8 Å². The minimum Gasteiger partial charge on any atom is -0.454 e. The topological polar surface area (TPSA) is 77.5 Å². The Bertz CT molecular complexity index is 1310. The van der Waals surface area contributed by atoms with E-state index in [0.717, 1.165) is 20.8 Å². The van der Waals surface area contributed by atoms with Crippen molar-refractivity contribution in [1.29, 1.82) is 0 Å². The van der Waals surface area contributed by atoms with Crippen molar-refractivity contribution in [2.24, 2.45) is 0 Å². The normalized spacial score (nSPS) is 12.1. The Morgan fingerprint density at radius 3 is 2.81 bits per heavy atom. The molecule has 0 bridgehead atoms. The molecule has 32 heavy (non-hydrogen) atoms. The summed E-state index contributed by atoms with van der Waals surface area (Å²) < 4.78 is 11.4. The molecule has 0 aliphatic carbocycles. The molecule has 0 radical (unpaired) electrons. The number of thioether (sulfide) groups is 1. The molecule has 0 saturated heterocycles. The third-order valence-corrected chi connectivity index (χ3v) is 7.03. The quantitative estimate of drug-likeness (QED) is 0.301. The fraction of sp³-hybridized carbons (Fsp3) is 0.125. The van der Waals surface area contributed by atoms with Crippen LogP contribution < -0.4 is 14.8 Å². The number of rotatable bonds is 7. The highest BCUT2D eigenvalue weighted by atomic mass is 32.2. The molecule has 1 amide bonds. The second-order valence-corrected chi connectivity index (χ2v) is 9.22. The van der Waals surface area contributed by atoms with Crippen molar-refractivity contribution in [3.8, 4) is 11.5 Å². The lowest BCUT2D eigenvalue weighted by molar-refractivity contribution is -0.115. The summed E-state index contributed by atoms with van der Waals surface area (Å²) in [6.07, 6.45) is 0.177. The first kappa shape index (κ1) is 20.5. The smallest absolute Gasteiger partial charge is 0.231 e. The minimum atomic E-state index is -0.125. The molecule has 4 aromatic rings. The third kappa shape index (κ3) is 4.46. The summed E-state index contributed by atoms with van der Waals surface area (Å²) in [5.41, 5.74) is 2.05. The zero-order valence-corrected chi connectivity index (χ0v) is 18.5. The molecular weight excluding hydrogens is 444 g/mol. The number of Topliss-reactive ketones (excluding diaryl/α,β-unsaturated/α-hetero) is 1. The summed E-state index contributed by atoms with van der Waals surface area (Å²) in [6.45, 7) is 0.178. The first-order chi connectivity index (χ1) is 15.7. The standard InChI is InChI=1S/C24H18N2O4S2/c27-20(16-8-9-21-22(10-16)30-14-29-21)13-32-24-25-17(12-31-24)11-23(28)26-19-7-3-5-15-4-1-2-6-18(15)19/h1-10,12H,11,13-14H2,(H,26,28). The Morgan fingerprint density at radius 1 is 1.03 bits per heavy atom. The Morgan fingerprint density at radius 2 is 1.88 bits per heavy atom. The second kappa shape index (κ2) is 9.02. The van der Waals surface area contributed by atoms with Crippen molar-refractivity contribution in [3.05, 3.63) is 77.3 Å². The van der Waals surface area contributed by atoms with Crippen LogP contribution in [0.1, 0.15) is 16.1 Å². The number of fused-ring (bicyclic) bond motifs is 2. The third-order valence-electron chi connectivity index (χ3n) is 4.96. The number of hydrogen-bond acceptors (Lipinski definition) is 7. The van der Waals surface area contributed by atoms with Crippen LogP contribution in [0.3, 0.4) is 0 Å². The van der Waals surface area contributed by atoms with Gasteiger partial charge in [0.2, 0.25) is 12.7 Å². The predicted molar refractivity (Wildman–Crippen MR) is 126 cm³/mol. The lowest BCUT2D eigenvalue weighted by Crippen LogP contribution is -2.14. The van der Waals surface area contributed by atoms with Gasteiger partial charge in [-0.3, -0.25) is 9.59 Å². The van der Waals surface area contributed by atoms with Crippen LogP contribution in [0.4, 0.5) is 5.69 Å². The SMILES string of the molecule is O=C(Cc1csc(SCC(=O)c2ccc3c(c2)OCO3)n1)Nc1cccc2ccccc12. The Kier molecular flexibility index (Phi) is 5.79. The van der Waals surface area contributed by atoms with Crippen molar-refractivity contribution >= 4 is 51.2 Å². The van der Waals surface area contributed by atoms with Crippen LogP contribution in [0.15, 0.2) is 70.4 Å². The maximum absolute atomic E-state index is 12.5. The molecule has 6 nitrogen and oxygen atoms in total. The van der Waals surface area contributed by atoms with E-state index in [2.05, 4.69) is 10.3 Å². The van der Waals surface area contributed by atoms with E-state index in [-0.39, 0.29) is 30.7 Å². The zero-order chi connectivity index (χ0) is 21.9. The lowest BCUT2D eigenvalue weighted by Gasteiger charge is -2.08. The molecule has 1 aliphatic rings. The van der Waals surface area contributed by atoms with Gasteiger partial charge in [-0.1, -0.05) is 48.2 Å². The molecule has 2 heterocycles. The summed E-state index contributed by atoms with van der Waals surface area (Å²) >= 11 is 2.80. The van der Waals surface area contributed by atoms with E-state index in [1.807, 2.05) is 47.8 Å². The first-order valence-electron chi connectivity index (χ1n) is 9.93. The molecule has 0 atom stereocenters. The number of anilines is 1. The van der Waals surface area contributed by atoms with Crippen molar-refractivity contribution in [1.82, 2.24) is 4.98 Å². The highest BCUT2D eigenvalue weighted by Gasteiger charge is 2.17. The van der Waals surface area contributed by atoms with Gasteiger partial charge in [0.1, 0.15) is 0 Å². The number of benzene rings is 3. The molecule has 0 fully saturated rings. The summed E-state index contributed by atoms with van der Waals surface area (Å²) in [4.78, 5) is 29.6.